The topological polar surface area (TPSA) is 74.6 Å². The summed E-state index contributed by atoms with van der Waals surface area (Å²) < 4.78 is 0. The molecule has 4 nitrogen and oxygen atoms in total. The summed E-state index contributed by atoms with van der Waals surface area (Å²) in [5, 5.41) is 16.9. The van der Waals surface area contributed by atoms with E-state index in [9.17, 15) is 9.59 Å². The van der Waals surface area contributed by atoms with Crippen molar-refractivity contribution in [2.24, 2.45) is 5.41 Å². The van der Waals surface area contributed by atoms with Crippen molar-refractivity contribution in [3.63, 3.8) is 0 Å². The Morgan fingerprint density at radius 1 is 1.33 bits per heavy atom. The Morgan fingerprint density at radius 3 is 2.17 bits per heavy atom. The molecule has 12 heavy (non-hydrogen) atoms. The van der Waals surface area contributed by atoms with Gasteiger partial charge in [-0.15, -0.1) is 0 Å². The first-order valence-electron chi connectivity index (χ1n) is 3.49. The molecule has 0 spiro atoms. The lowest BCUT2D eigenvalue weighted by Gasteiger charge is -2.12. The number of hydrogen-bond donors (Lipinski definition) is 2. The van der Waals surface area contributed by atoms with E-state index in [0.29, 0.717) is 0 Å². The Hall–Kier alpha value is -1.32. The molecule has 0 rings (SSSR count). The van der Waals surface area contributed by atoms with E-state index in [1.54, 1.807) is 0 Å². The number of rotatable bonds is 4. The van der Waals surface area contributed by atoms with Crippen molar-refractivity contribution < 1.29 is 19.8 Å². The van der Waals surface area contributed by atoms with Gasteiger partial charge < -0.3 is 10.2 Å². The molecule has 0 saturated heterocycles. The van der Waals surface area contributed by atoms with Crippen LogP contribution in [0.1, 0.15) is 20.3 Å². The lowest BCUT2D eigenvalue weighted by Crippen LogP contribution is -2.20. The number of carboxylic acids is 2. The fourth-order valence-electron chi connectivity index (χ4n) is 0.526. The van der Waals surface area contributed by atoms with Gasteiger partial charge >= 0.3 is 11.9 Å². The maximum absolute atomic E-state index is 10.5. The SMILES string of the molecule is CC(C)(C=CCC(=O)O)C(=O)O. The van der Waals surface area contributed by atoms with Gasteiger partial charge in [-0.25, -0.2) is 0 Å². The molecule has 0 heterocycles. The molecule has 0 fully saturated rings. The van der Waals surface area contributed by atoms with Crippen molar-refractivity contribution in [2.75, 3.05) is 0 Å². The molecule has 0 aromatic rings. The highest BCUT2D eigenvalue weighted by Crippen LogP contribution is 2.16. The summed E-state index contributed by atoms with van der Waals surface area (Å²) in [5.41, 5.74) is -0.991. The smallest absolute Gasteiger partial charge is 0.312 e. The molecule has 68 valence electrons. The molecule has 0 aliphatic rings. The zero-order chi connectivity index (χ0) is 9.78. The third kappa shape index (κ3) is 3.75. The average molecular weight is 172 g/mol. The van der Waals surface area contributed by atoms with E-state index in [1.165, 1.54) is 26.0 Å². The third-order valence-corrected chi connectivity index (χ3v) is 1.38. The molecule has 0 saturated carbocycles. The first-order valence-corrected chi connectivity index (χ1v) is 3.49. The van der Waals surface area contributed by atoms with Crippen molar-refractivity contribution in [2.45, 2.75) is 20.3 Å². The average Bonchev–Trinajstić information content (AvgIpc) is 1.85. The van der Waals surface area contributed by atoms with Crippen molar-refractivity contribution in [1.82, 2.24) is 0 Å². The molecular weight excluding hydrogens is 160 g/mol. The van der Waals surface area contributed by atoms with E-state index < -0.39 is 17.4 Å². The molecule has 0 aliphatic heterocycles. The molecule has 0 atom stereocenters. The van der Waals surface area contributed by atoms with Gasteiger partial charge in [0.25, 0.3) is 0 Å². The summed E-state index contributed by atoms with van der Waals surface area (Å²) in [6, 6.07) is 0. The van der Waals surface area contributed by atoms with Gasteiger partial charge in [0, 0.05) is 0 Å². The van der Waals surface area contributed by atoms with Gasteiger partial charge in [0.05, 0.1) is 11.8 Å². The first-order chi connectivity index (χ1) is 5.36. The van der Waals surface area contributed by atoms with Crippen LogP contribution in [0.2, 0.25) is 0 Å². The number of aliphatic carboxylic acids is 2. The minimum Gasteiger partial charge on any atom is -0.481 e. The second-order valence-electron chi connectivity index (χ2n) is 3.03. The molecular formula is C8H12O4. The Labute approximate surface area is 70.5 Å². The first kappa shape index (κ1) is 10.7. The number of hydrogen-bond acceptors (Lipinski definition) is 2. The predicted octanol–water partition coefficient (Wildman–Crippen LogP) is 1.13. The quantitative estimate of drug-likeness (QED) is 0.623. The third-order valence-electron chi connectivity index (χ3n) is 1.38. The zero-order valence-electron chi connectivity index (χ0n) is 7.07. The van der Waals surface area contributed by atoms with E-state index in [2.05, 4.69) is 0 Å². The lowest BCUT2D eigenvalue weighted by molar-refractivity contribution is -0.144. The summed E-state index contributed by atoms with van der Waals surface area (Å²) >= 11 is 0. The van der Waals surface area contributed by atoms with Crippen LogP contribution in [0.3, 0.4) is 0 Å². The largest absolute Gasteiger partial charge is 0.481 e. The van der Waals surface area contributed by atoms with Gasteiger partial charge in [-0.3, -0.25) is 9.59 Å². The highest BCUT2D eigenvalue weighted by molar-refractivity contribution is 5.76. The van der Waals surface area contributed by atoms with Gasteiger partial charge in [-0.1, -0.05) is 12.2 Å². The Morgan fingerprint density at radius 2 is 1.83 bits per heavy atom. The maximum Gasteiger partial charge on any atom is 0.312 e. The number of carboxylic acid groups (broad SMARTS) is 2. The monoisotopic (exact) mass is 172 g/mol. The van der Waals surface area contributed by atoms with E-state index in [-0.39, 0.29) is 6.42 Å². The van der Waals surface area contributed by atoms with Crippen LogP contribution in [0.25, 0.3) is 0 Å². The van der Waals surface area contributed by atoms with E-state index in [4.69, 9.17) is 10.2 Å². The minimum atomic E-state index is -0.991. The minimum absolute atomic E-state index is 0.142. The number of carbonyl (C=O) groups is 2. The molecule has 0 amide bonds. The lowest BCUT2D eigenvalue weighted by atomic mass is 9.93. The summed E-state index contributed by atoms with van der Waals surface area (Å²) in [5.74, 6) is -1.93. The zero-order valence-corrected chi connectivity index (χ0v) is 7.07. The summed E-state index contributed by atoms with van der Waals surface area (Å²) in [6.07, 6.45) is 2.58. The summed E-state index contributed by atoms with van der Waals surface area (Å²) in [6.45, 7) is 3.02. The van der Waals surface area contributed by atoms with Crippen LogP contribution in [0.4, 0.5) is 0 Å². The second kappa shape index (κ2) is 3.90. The van der Waals surface area contributed by atoms with Gasteiger partial charge in [0.1, 0.15) is 0 Å². The highest BCUT2D eigenvalue weighted by atomic mass is 16.4. The fraction of sp³-hybridized carbons (Fsp3) is 0.500. The van der Waals surface area contributed by atoms with Crippen molar-refractivity contribution in [3.8, 4) is 0 Å². The van der Waals surface area contributed by atoms with Crippen LogP contribution in [-0.4, -0.2) is 22.2 Å². The summed E-state index contributed by atoms with van der Waals surface area (Å²) in [4.78, 5) is 20.6. The second-order valence-corrected chi connectivity index (χ2v) is 3.03. The van der Waals surface area contributed by atoms with Crippen molar-refractivity contribution in [1.29, 1.82) is 0 Å². The van der Waals surface area contributed by atoms with Gasteiger partial charge in [0.2, 0.25) is 0 Å². The normalized spacial score (nSPS) is 11.8. The molecule has 4 heteroatoms. The van der Waals surface area contributed by atoms with Gasteiger partial charge in [0.15, 0.2) is 0 Å². The standard InChI is InChI=1S/C8H12O4/c1-8(2,7(11)12)5-3-4-6(9)10/h3,5H,4H2,1-2H3,(H,9,10)(H,11,12). The molecule has 0 unspecified atom stereocenters. The van der Waals surface area contributed by atoms with Crippen LogP contribution in [0.5, 0.6) is 0 Å². The summed E-state index contributed by atoms with van der Waals surface area (Å²) in [7, 11) is 0. The van der Waals surface area contributed by atoms with Crippen LogP contribution < -0.4 is 0 Å². The highest BCUT2D eigenvalue weighted by Gasteiger charge is 2.22. The van der Waals surface area contributed by atoms with Crippen molar-refractivity contribution in [3.05, 3.63) is 12.2 Å². The van der Waals surface area contributed by atoms with Crippen LogP contribution >= 0.6 is 0 Å². The molecule has 0 aromatic carbocycles. The van der Waals surface area contributed by atoms with E-state index in [1.807, 2.05) is 0 Å². The Balaban J connectivity index is 4.14. The van der Waals surface area contributed by atoms with Crippen LogP contribution in [-0.2, 0) is 9.59 Å². The molecule has 2 N–H and O–H groups in total. The molecule has 0 radical (unpaired) electrons. The maximum atomic E-state index is 10.5. The molecule has 0 bridgehead atoms. The Bertz CT molecular complexity index is 215. The van der Waals surface area contributed by atoms with E-state index in [0.717, 1.165) is 0 Å². The van der Waals surface area contributed by atoms with Gasteiger partial charge in [-0.2, -0.15) is 0 Å². The molecule has 0 aliphatic carbocycles. The predicted molar refractivity (Wildman–Crippen MR) is 42.8 cm³/mol. The van der Waals surface area contributed by atoms with Crippen LogP contribution in [0.15, 0.2) is 12.2 Å². The Kier molecular flexibility index (Phi) is 3.47. The fourth-order valence-corrected chi connectivity index (χ4v) is 0.526. The molecule has 0 aromatic heterocycles. The van der Waals surface area contributed by atoms with Gasteiger partial charge in [-0.05, 0) is 13.8 Å². The van der Waals surface area contributed by atoms with Crippen molar-refractivity contribution >= 4 is 11.9 Å². The van der Waals surface area contributed by atoms with E-state index >= 15 is 0 Å². The van der Waals surface area contributed by atoms with Crippen LogP contribution in [0, 0.1) is 5.41 Å².